The lowest BCUT2D eigenvalue weighted by atomic mass is 10.1. The summed E-state index contributed by atoms with van der Waals surface area (Å²) in [6, 6.07) is 8.30. The van der Waals surface area contributed by atoms with Crippen LogP contribution in [0.4, 0.5) is 0 Å². The Kier molecular flexibility index (Phi) is 8.24. The van der Waals surface area contributed by atoms with Gasteiger partial charge in [0.15, 0.2) is 5.96 Å². The smallest absolute Gasteiger partial charge is 0.193 e. The van der Waals surface area contributed by atoms with Crippen molar-refractivity contribution in [2.45, 2.75) is 32.9 Å². The number of aliphatic imine (C=N–C) groups is 1. The molecule has 8 heteroatoms. The van der Waals surface area contributed by atoms with Crippen LogP contribution in [0.15, 0.2) is 54.2 Å². The Morgan fingerprint density at radius 3 is 2.66 bits per heavy atom. The van der Waals surface area contributed by atoms with E-state index in [0.29, 0.717) is 12.5 Å². The maximum Gasteiger partial charge on any atom is 0.193 e. The minimum atomic E-state index is 0. The maximum atomic E-state index is 4.60. The number of para-hydroxylation sites is 1. The zero-order valence-electron chi connectivity index (χ0n) is 17.7. The first-order valence-corrected chi connectivity index (χ1v) is 9.50. The molecule has 0 saturated heterocycles. The van der Waals surface area contributed by atoms with E-state index in [9.17, 15) is 0 Å². The van der Waals surface area contributed by atoms with E-state index in [2.05, 4.69) is 63.5 Å². The Labute approximate surface area is 189 Å². The van der Waals surface area contributed by atoms with Gasteiger partial charge in [-0.2, -0.15) is 5.10 Å². The van der Waals surface area contributed by atoms with Crippen molar-refractivity contribution in [3.63, 3.8) is 0 Å². The fourth-order valence-corrected chi connectivity index (χ4v) is 3.37. The van der Waals surface area contributed by atoms with Gasteiger partial charge in [-0.05, 0) is 17.5 Å². The zero-order valence-corrected chi connectivity index (χ0v) is 20.0. The van der Waals surface area contributed by atoms with E-state index in [4.69, 9.17) is 0 Å². The third kappa shape index (κ3) is 5.59. The molecule has 0 unspecified atom stereocenters. The first-order chi connectivity index (χ1) is 13.5. The van der Waals surface area contributed by atoms with E-state index < -0.39 is 0 Å². The predicted octanol–water partition coefficient (Wildman–Crippen LogP) is 3.55. The molecule has 3 aromatic rings. The molecule has 0 aliphatic rings. The van der Waals surface area contributed by atoms with Crippen LogP contribution >= 0.6 is 24.0 Å². The quantitative estimate of drug-likeness (QED) is 0.315. The third-order valence-corrected chi connectivity index (χ3v) is 4.68. The first kappa shape index (κ1) is 22.9. The monoisotopic (exact) mass is 507 g/mol. The molecular formula is C21H30IN7. The summed E-state index contributed by atoms with van der Waals surface area (Å²) in [5, 5.41) is 8.08. The van der Waals surface area contributed by atoms with Crippen LogP contribution < -0.4 is 5.32 Å². The molecule has 0 radical (unpaired) electrons. The molecule has 0 saturated carbocycles. The van der Waals surface area contributed by atoms with Crippen LogP contribution in [0.3, 0.4) is 0 Å². The molecule has 0 atom stereocenters. The summed E-state index contributed by atoms with van der Waals surface area (Å²) < 4.78 is 3.91. The van der Waals surface area contributed by atoms with Crippen molar-refractivity contribution in [3.05, 3.63) is 66.0 Å². The van der Waals surface area contributed by atoms with Gasteiger partial charge in [0.2, 0.25) is 0 Å². The molecule has 156 valence electrons. The van der Waals surface area contributed by atoms with Gasteiger partial charge in [0.05, 0.1) is 17.7 Å². The van der Waals surface area contributed by atoms with Crippen molar-refractivity contribution in [2.24, 2.45) is 12.0 Å². The van der Waals surface area contributed by atoms with E-state index in [0.717, 1.165) is 23.9 Å². The van der Waals surface area contributed by atoms with Gasteiger partial charge >= 0.3 is 0 Å². The molecule has 2 heterocycles. The summed E-state index contributed by atoms with van der Waals surface area (Å²) in [6.07, 6.45) is 7.65. The SMILES string of the molecule is CN=C(NCc1ccccc1-n1ccnc1)N(C)Cc1cn(C)nc1C(C)C.I. The van der Waals surface area contributed by atoms with Crippen LogP contribution in [0, 0.1) is 0 Å². The second kappa shape index (κ2) is 10.4. The van der Waals surface area contributed by atoms with Gasteiger partial charge < -0.3 is 14.8 Å². The van der Waals surface area contributed by atoms with Gasteiger partial charge in [0.25, 0.3) is 0 Å². The molecule has 0 fully saturated rings. The van der Waals surface area contributed by atoms with E-state index in [1.165, 1.54) is 11.1 Å². The number of imidazole rings is 1. The molecule has 3 rings (SSSR count). The number of halogens is 1. The molecule has 2 aromatic heterocycles. The highest BCUT2D eigenvalue weighted by atomic mass is 127. The topological polar surface area (TPSA) is 63.3 Å². The third-order valence-electron chi connectivity index (χ3n) is 4.68. The summed E-state index contributed by atoms with van der Waals surface area (Å²) in [4.78, 5) is 10.7. The fraction of sp³-hybridized carbons (Fsp3) is 0.381. The van der Waals surface area contributed by atoms with Crippen molar-refractivity contribution in [1.29, 1.82) is 0 Å². The van der Waals surface area contributed by atoms with E-state index in [-0.39, 0.29) is 24.0 Å². The van der Waals surface area contributed by atoms with E-state index in [1.54, 1.807) is 6.20 Å². The van der Waals surface area contributed by atoms with Gasteiger partial charge in [0.1, 0.15) is 0 Å². The van der Waals surface area contributed by atoms with Crippen LogP contribution in [-0.4, -0.2) is 44.3 Å². The average Bonchev–Trinajstić information content (AvgIpc) is 3.32. The highest BCUT2D eigenvalue weighted by Crippen LogP contribution is 2.19. The summed E-state index contributed by atoms with van der Waals surface area (Å²) in [6.45, 7) is 5.78. The van der Waals surface area contributed by atoms with Crippen LogP contribution in [0.25, 0.3) is 5.69 Å². The average molecular weight is 507 g/mol. The minimum absolute atomic E-state index is 0. The molecular weight excluding hydrogens is 477 g/mol. The molecule has 0 aliphatic carbocycles. The lowest BCUT2D eigenvalue weighted by molar-refractivity contribution is 0.473. The maximum absolute atomic E-state index is 4.60. The molecule has 0 spiro atoms. The number of hydrogen-bond donors (Lipinski definition) is 1. The van der Waals surface area contributed by atoms with Crippen molar-refractivity contribution >= 4 is 29.9 Å². The second-order valence-electron chi connectivity index (χ2n) is 7.22. The first-order valence-electron chi connectivity index (χ1n) is 9.50. The number of rotatable bonds is 6. The number of aryl methyl sites for hydroxylation is 1. The summed E-state index contributed by atoms with van der Waals surface area (Å²) in [5.74, 6) is 1.24. The highest BCUT2D eigenvalue weighted by molar-refractivity contribution is 14.0. The standard InChI is InChI=1S/C21H29N7.HI/c1-16(2)20-18(14-27(5)25-20)13-26(4)21(22-3)24-12-17-8-6-7-9-19(17)28-11-10-23-15-28;/h6-11,14-16H,12-13H2,1-5H3,(H,22,24);1H. The van der Waals surface area contributed by atoms with Gasteiger partial charge in [-0.15, -0.1) is 24.0 Å². The summed E-state index contributed by atoms with van der Waals surface area (Å²) in [5.41, 5.74) is 4.65. The molecule has 7 nitrogen and oxygen atoms in total. The van der Waals surface area contributed by atoms with Crippen LogP contribution in [0.2, 0.25) is 0 Å². The minimum Gasteiger partial charge on any atom is -0.352 e. The number of nitrogens with zero attached hydrogens (tertiary/aromatic N) is 6. The number of nitrogens with one attached hydrogen (secondary N) is 1. The Morgan fingerprint density at radius 1 is 1.24 bits per heavy atom. The molecule has 0 aliphatic heterocycles. The molecule has 0 bridgehead atoms. The van der Waals surface area contributed by atoms with Crippen molar-refractivity contribution in [1.82, 2.24) is 29.5 Å². The molecule has 1 N–H and O–H groups in total. The number of benzene rings is 1. The Bertz CT molecular complexity index is 928. The Morgan fingerprint density at radius 2 is 2.00 bits per heavy atom. The highest BCUT2D eigenvalue weighted by Gasteiger charge is 2.15. The fourth-order valence-electron chi connectivity index (χ4n) is 3.37. The largest absolute Gasteiger partial charge is 0.352 e. The Balaban J connectivity index is 0.00000300. The van der Waals surface area contributed by atoms with Gasteiger partial charge in [-0.25, -0.2) is 4.98 Å². The summed E-state index contributed by atoms with van der Waals surface area (Å²) >= 11 is 0. The van der Waals surface area contributed by atoms with E-state index >= 15 is 0 Å². The van der Waals surface area contributed by atoms with Crippen molar-refractivity contribution < 1.29 is 0 Å². The van der Waals surface area contributed by atoms with Gasteiger partial charge in [-0.1, -0.05) is 32.0 Å². The van der Waals surface area contributed by atoms with Gasteiger partial charge in [-0.3, -0.25) is 9.67 Å². The molecule has 29 heavy (non-hydrogen) atoms. The number of aromatic nitrogens is 4. The summed E-state index contributed by atoms with van der Waals surface area (Å²) in [7, 11) is 5.83. The van der Waals surface area contributed by atoms with E-state index in [1.807, 2.05) is 49.0 Å². The zero-order chi connectivity index (χ0) is 20.1. The van der Waals surface area contributed by atoms with Crippen molar-refractivity contribution in [2.75, 3.05) is 14.1 Å². The van der Waals surface area contributed by atoms with Crippen LogP contribution in [0.5, 0.6) is 0 Å². The second-order valence-corrected chi connectivity index (χ2v) is 7.22. The molecule has 0 amide bonds. The van der Waals surface area contributed by atoms with Crippen molar-refractivity contribution in [3.8, 4) is 5.69 Å². The van der Waals surface area contributed by atoms with Gasteiger partial charge in [0, 0.05) is 58.4 Å². The predicted molar refractivity (Wildman–Crippen MR) is 128 cm³/mol. The van der Waals surface area contributed by atoms with Crippen LogP contribution in [0.1, 0.15) is 36.6 Å². The number of guanidine groups is 1. The lowest BCUT2D eigenvalue weighted by Crippen LogP contribution is -2.38. The number of hydrogen-bond acceptors (Lipinski definition) is 3. The van der Waals surface area contributed by atoms with Crippen LogP contribution in [-0.2, 0) is 20.1 Å². The lowest BCUT2D eigenvalue weighted by Gasteiger charge is -2.23. The molecule has 1 aromatic carbocycles. The normalized spacial score (nSPS) is 11.4. The Hall–Kier alpha value is -2.36.